The molecule has 0 bridgehead atoms. The van der Waals surface area contributed by atoms with Crippen molar-refractivity contribution >= 4 is 29.1 Å². The zero-order valence-electron chi connectivity index (χ0n) is 11.5. The molecular formula is C16H15ClN2O2. The van der Waals surface area contributed by atoms with Gasteiger partial charge >= 0.3 is 0 Å². The zero-order valence-corrected chi connectivity index (χ0v) is 12.3. The second-order valence-electron chi connectivity index (χ2n) is 4.57. The van der Waals surface area contributed by atoms with E-state index in [1.54, 1.807) is 36.4 Å². The molecule has 0 spiro atoms. The highest BCUT2D eigenvalue weighted by Crippen LogP contribution is 2.14. The average molecular weight is 303 g/mol. The summed E-state index contributed by atoms with van der Waals surface area (Å²) < 4.78 is 0. The van der Waals surface area contributed by atoms with Gasteiger partial charge in [0.25, 0.3) is 5.91 Å². The first-order valence-corrected chi connectivity index (χ1v) is 6.83. The monoisotopic (exact) mass is 302 g/mol. The third kappa shape index (κ3) is 4.61. The number of carbonyl (C=O) groups is 2. The zero-order chi connectivity index (χ0) is 15.2. The van der Waals surface area contributed by atoms with Crippen LogP contribution in [0.5, 0.6) is 0 Å². The van der Waals surface area contributed by atoms with Crippen LogP contribution in [0.1, 0.15) is 22.8 Å². The molecule has 0 saturated carbocycles. The second-order valence-corrected chi connectivity index (χ2v) is 5.00. The molecule has 5 heteroatoms. The number of halogens is 1. The number of anilines is 1. The molecule has 21 heavy (non-hydrogen) atoms. The third-order valence-electron chi connectivity index (χ3n) is 2.86. The maximum absolute atomic E-state index is 12.1. The predicted molar refractivity (Wildman–Crippen MR) is 83.4 cm³/mol. The topological polar surface area (TPSA) is 58.2 Å². The number of benzene rings is 2. The van der Waals surface area contributed by atoms with Crippen molar-refractivity contribution in [2.24, 2.45) is 0 Å². The van der Waals surface area contributed by atoms with Gasteiger partial charge < -0.3 is 10.6 Å². The molecule has 2 aromatic rings. The normalized spacial score (nSPS) is 10.0. The Labute approximate surface area is 128 Å². The van der Waals surface area contributed by atoms with Crippen LogP contribution in [-0.4, -0.2) is 11.8 Å². The second kappa shape index (κ2) is 6.90. The fraction of sp³-hybridized carbons (Fsp3) is 0.125. The number of hydrogen-bond donors (Lipinski definition) is 2. The Morgan fingerprint density at radius 2 is 1.62 bits per heavy atom. The van der Waals surface area contributed by atoms with Crippen LogP contribution in [-0.2, 0) is 11.3 Å². The van der Waals surface area contributed by atoms with Gasteiger partial charge in [-0.1, -0.05) is 23.7 Å². The Bertz CT molecular complexity index is 636. The minimum Gasteiger partial charge on any atom is -0.352 e. The van der Waals surface area contributed by atoms with Crippen molar-refractivity contribution in [3.05, 3.63) is 64.7 Å². The van der Waals surface area contributed by atoms with Gasteiger partial charge in [-0.15, -0.1) is 0 Å². The maximum atomic E-state index is 12.1. The molecule has 2 amide bonds. The summed E-state index contributed by atoms with van der Waals surface area (Å²) in [6.45, 7) is 1.92. The van der Waals surface area contributed by atoms with Crippen molar-refractivity contribution in [2.45, 2.75) is 13.5 Å². The Kier molecular flexibility index (Phi) is 4.95. The minimum absolute atomic E-state index is 0.0837. The molecule has 0 aliphatic carbocycles. The molecule has 2 rings (SSSR count). The van der Waals surface area contributed by atoms with Gasteiger partial charge in [0.1, 0.15) is 0 Å². The van der Waals surface area contributed by atoms with E-state index in [0.717, 1.165) is 5.56 Å². The number of amides is 2. The van der Waals surface area contributed by atoms with E-state index >= 15 is 0 Å². The van der Waals surface area contributed by atoms with Crippen molar-refractivity contribution in [1.29, 1.82) is 0 Å². The highest BCUT2D eigenvalue weighted by molar-refractivity contribution is 6.30. The molecule has 2 aromatic carbocycles. The van der Waals surface area contributed by atoms with Crippen molar-refractivity contribution < 1.29 is 9.59 Å². The number of hydrogen-bond acceptors (Lipinski definition) is 2. The Morgan fingerprint density at radius 3 is 2.19 bits per heavy atom. The van der Waals surface area contributed by atoms with Gasteiger partial charge in [-0.3, -0.25) is 9.59 Å². The molecule has 4 nitrogen and oxygen atoms in total. The van der Waals surface area contributed by atoms with Crippen LogP contribution in [0.25, 0.3) is 0 Å². The summed E-state index contributed by atoms with van der Waals surface area (Å²) >= 11 is 5.79. The summed E-state index contributed by atoms with van der Waals surface area (Å²) in [5, 5.41) is 6.11. The van der Waals surface area contributed by atoms with Gasteiger partial charge in [-0.05, 0) is 42.0 Å². The van der Waals surface area contributed by atoms with Crippen molar-refractivity contribution in [3.63, 3.8) is 0 Å². The van der Waals surface area contributed by atoms with Crippen molar-refractivity contribution in [3.8, 4) is 0 Å². The van der Waals surface area contributed by atoms with Gasteiger partial charge in [0.05, 0.1) is 0 Å². The van der Waals surface area contributed by atoms with Gasteiger partial charge in [0.2, 0.25) is 5.91 Å². The van der Waals surface area contributed by atoms with Gasteiger partial charge in [-0.25, -0.2) is 0 Å². The SMILES string of the molecule is CC(=O)NCc1ccc(C(=O)Nc2ccc(Cl)cc2)cc1. The molecule has 0 aliphatic heterocycles. The maximum Gasteiger partial charge on any atom is 0.255 e. The largest absolute Gasteiger partial charge is 0.352 e. The van der Waals surface area contributed by atoms with Gasteiger partial charge in [0, 0.05) is 29.7 Å². The van der Waals surface area contributed by atoms with E-state index in [9.17, 15) is 9.59 Å². The summed E-state index contributed by atoms with van der Waals surface area (Å²) in [5.74, 6) is -0.275. The molecule has 0 saturated heterocycles. The van der Waals surface area contributed by atoms with Crippen molar-refractivity contribution in [1.82, 2.24) is 5.32 Å². The minimum atomic E-state index is -0.191. The van der Waals surface area contributed by atoms with E-state index < -0.39 is 0 Å². The van der Waals surface area contributed by atoms with Crippen LogP contribution in [0.2, 0.25) is 5.02 Å². The first-order chi connectivity index (χ1) is 10.0. The lowest BCUT2D eigenvalue weighted by molar-refractivity contribution is -0.119. The van der Waals surface area contributed by atoms with Gasteiger partial charge in [-0.2, -0.15) is 0 Å². The molecule has 0 aromatic heterocycles. The first kappa shape index (κ1) is 15.1. The summed E-state index contributed by atoms with van der Waals surface area (Å²) in [7, 11) is 0. The van der Waals surface area contributed by atoms with E-state index in [0.29, 0.717) is 22.8 Å². The van der Waals surface area contributed by atoms with Crippen LogP contribution in [0.15, 0.2) is 48.5 Å². The molecule has 0 fully saturated rings. The highest BCUT2D eigenvalue weighted by Gasteiger charge is 2.06. The lowest BCUT2D eigenvalue weighted by Gasteiger charge is -2.07. The Balaban J connectivity index is 1.99. The Hall–Kier alpha value is -2.33. The summed E-state index contributed by atoms with van der Waals surface area (Å²) in [6, 6.07) is 14.0. The number of rotatable bonds is 4. The smallest absolute Gasteiger partial charge is 0.255 e. The lowest BCUT2D eigenvalue weighted by atomic mass is 10.1. The fourth-order valence-corrected chi connectivity index (χ4v) is 1.86. The van der Waals surface area contributed by atoms with Crippen molar-refractivity contribution in [2.75, 3.05) is 5.32 Å². The standard InChI is InChI=1S/C16H15ClN2O2/c1-11(20)18-10-12-2-4-13(5-3-12)16(21)19-15-8-6-14(17)7-9-15/h2-9H,10H2,1H3,(H,18,20)(H,19,21). The number of carbonyl (C=O) groups excluding carboxylic acids is 2. The predicted octanol–water partition coefficient (Wildman–Crippen LogP) is 3.23. The van der Waals surface area contributed by atoms with Crippen LogP contribution < -0.4 is 10.6 Å². The molecule has 0 radical (unpaired) electrons. The number of nitrogens with one attached hydrogen (secondary N) is 2. The van der Waals surface area contributed by atoms with Crippen LogP contribution in [0, 0.1) is 0 Å². The Morgan fingerprint density at radius 1 is 1.00 bits per heavy atom. The van der Waals surface area contributed by atoms with E-state index in [2.05, 4.69) is 10.6 Å². The lowest BCUT2D eigenvalue weighted by Crippen LogP contribution is -2.19. The highest BCUT2D eigenvalue weighted by atomic mass is 35.5. The molecular weight excluding hydrogens is 288 g/mol. The fourth-order valence-electron chi connectivity index (χ4n) is 1.74. The molecule has 2 N–H and O–H groups in total. The molecule has 0 heterocycles. The molecule has 0 unspecified atom stereocenters. The van der Waals surface area contributed by atoms with Crippen LogP contribution in [0.3, 0.4) is 0 Å². The first-order valence-electron chi connectivity index (χ1n) is 6.45. The van der Waals surface area contributed by atoms with Crippen LogP contribution >= 0.6 is 11.6 Å². The summed E-state index contributed by atoms with van der Waals surface area (Å²) in [6.07, 6.45) is 0. The molecule has 0 aliphatic rings. The third-order valence-corrected chi connectivity index (χ3v) is 3.11. The average Bonchev–Trinajstić information content (AvgIpc) is 2.48. The van der Waals surface area contributed by atoms with E-state index in [1.165, 1.54) is 6.92 Å². The van der Waals surface area contributed by atoms with E-state index in [4.69, 9.17) is 11.6 Å². The summed E-state index contributed by atoms with van der Waals surface area (Å²) in [5.41, 5.74) is 2.18. The van der Waals surface area contributed by atoms with E-state index in [1.807, 2.05) is 12.1 Å². The van der Waals surface area contributed by atoms with E-state index in [-0.39, 0.29) is 11.8 Å². The van der Waals surface area contributed by atoms with Crippen LogP contribution in [0.4, 0.5) is 5.69 Å². The quantitative estimate of drug-likeness (QED) is 0.911. The molecule has 0 atom stereocenters. The summed E-state index contributed by atoms with van der Waals surface area (Å²) in [4.78, 5) is 22.9. The molecule has 108 valence electrons. The van der Waals surface area contributed by atoms with Gasteiger partial charge in [0.15, 0.2) is 0 Å².